The first kappa shape index (κ1) is 18.7. The van der Waals surface area contributed by atoms with Crippen LogP contribution >= 0.6 is 0 Å². The van der Waals surface area contributed by atoms with Gasteiger partial charge in [-0.15, -0.1) is 0 Å². The van der Waals surface area contributed by atoms with Gasteiger partial charge in [-0.25, -0.2) is 8.42 Å². The maximum absolute atomic E-state index is 12.4. The molecule has 1 aromatic carbocycles. The van der Waals surface area contributed by atoms with Crippen LogP contribution < -0.4 is 9.46 Å². The first-order valence-corrected chi connectivity index (χ1v) is 9.85. The summed E-state index contributed by atoms with van der Waals surface area (Å²) in [5, 5.41) is 0. The van der Waals surface area contributed by atoms with Gasteiger partial charge in [0.25, 0.3) is 0 Å². The summed E-state index contributed by atoms with van der Waals surface area (Å²) in [4.78, 5) is 14.3. The van der Waals surface area contributed by atoms with Crippen LogP contribution in [0.1, 0.15) is 33.6 Å². The molecule has 0 bridgehead atoms. The normalized spacial score (nSPS) is 17.5. The molecule has 1 aromatic rings. The number of ether oxygens (including phenoxy) is 1. The van der Waals surface area contributed by atoms with Gasteiger partial charge in [0.1, 0.15) is 5.75 Å². The zero-order valence-electron chi connectivity index (χ0n) is 14.5. The molecule has 6 nitrogen and oxygen atoms in total. The molecule has 1 saturated heterocycles. The molecule has 1 fully saturated rings. The van der Waals surface area contributed by atoms with E-state index in [9.17, 15) is 13.2 Å². The number of carbonyl (C=O) groups is 1. The van der Waals surface area contributed by atoms with Crippen molar-refractivity contribution in [2.45, 2.75) is 44.6 Å². The first-order chi connectivity index (χ1) is 11.3. The van der Waals surface area contributed by atoms with E-state index < -0.39 is 16.1 Å². The van der Waals surface area contributed by atoms with E-state index in [0.29, 0.717) is 31.4 Å². The van der Waals surface area contributed by atoms with Crippen molar-refractivity contribution < 1.29 is 17.9 Å². The average Bonchev–Trinajstić information content (AvgIpc) is 2.55. The molecule has 1 amide bonds. The van der Waals surface area contributed by atoms with E-state index in [4.69, 9.17) is 4.74 Å². The Labute approximate surface area is 144 Å². The number of carbonyl (C=O) groups excluding carboxylic acids is 1. The van der Waals surface area contributed by atoms with E-state index in [2.05, 4.69) is 11.6 Å². The number of hydrogen-bond donors (Lipinski definition) is 1. The molecule has 0 radical (unpaired) electrons. The quantitative estimate of drug-likeness (QED) is 0.848. The molecule has 1 aliphatic heterocycles. The van der Waals surface area contributed by atoms with Gasteiger partial charge in [0.15, 0.2) is 0 Å². The molecule has 0 aromatic heterocycles. The van der Waals surface area contributed by atoms with Crippen molar-refractivity contribution in [3.8, 4) is 5.75 Å². The highest BCUT2D eigenvalue weighted by Gasteiger charge is 2.27. The second kappa shape index (κ2) is 7.98. The molecule has 0 saturated carbocycles. The molecule has 24 heavy (non-hydrogen) atoms. The van der Waals surface area contributed by atoms with Crippen LogP contribution in [0.4, 0.5) is 0 Å². The number of benzene rings is 1. The summed E-state index contributed by atoms with van der Waals surface area (Å²) in [6.07, 6.45) is 1.92. The topological polar surface area (TPSA) is 75.7 Å². The molecular formula is C17H26N2O4S. The molecular weight excluding hydrogens is 328 g/mol. The molecule has 0 aliphatic carbocycles. The van der Waals surface area contributed by atoms with Crippen molar-refractivity contribution in [1.29, 1.82) is 0 Å². The second-order valence-corrected chi connectivity index (χ2v) is 7.97. The summed E-state index contributed by atoms with van der Waals surface area (Å²) >= 11 is 0. The number of rotatable bonds is 6. The molecule has 134 valence electrons. The van der Waals surface area contributed by atoms with Crippen LogP contribution in [-0.2, 0) is 14.8 Å². The summed E-state index contributed by atoms with van der Waals surface area (Å²) in [6, 6.07) is 5.39. The molecule has 1 atom stereocenters. The zero-order chi connectivity index (χ0) is 17.7. The van der Waals surface area contributed by atoms with Crippen LogP contribution in [0.15, 0.2) is 29.2 Å². The van der Waals surface area contributed by atoms with Gasteiger partial charge >= 0.3 is 0 Å². The summed E-state index contributed by atoms with van der Waals surface area (Å²) in [7, 11) is -3.74. The summed E-state index contributed by atoms with van der Waals surface area (Å²) in [5.41, 5.74) is 0. The fourth-order valence-electron chi connectivity index (χ4n) is 2.74. The Morgan fingerprint density at radius 2 is 1.88 bits per heavy atom. The van der Waals surface area contributed by atoms with Gasteiger partial charge < -0.3 is 9.64 Å². The fourth-order valence-corrected chi connectivity index (χ4v) is 3.93. The van der Waals surface area contributed by atoms with Crippen molar-refractivity contribution in [1.82, 2.24) is 9.62 Å². The highest BCUT2D eigenvalue weighted by Crippen LogP contribution is 2.18. The highest BCUT2D eigenvalue weighted by atomic mass is 32.2. The van der Waals surface area contributed by atoms with Gasteiger partial charge in [0, 0.05) is 13.1 Å². The van der Waals surface area contributed by atoms with E-state index in [1.165, 1.54) is 12.1 Å². The predicted molar refractivity (Wildman–Crippen MR) is 92.4 cm³/mol. The third-order valence-corrected chi connectivity index (χ3v) is 5.80. The number of piperidine rings is 1. The SMILES string of the molecule is CCOc1ccc(S(=O)(=O)N[C@H](C)C(=O)N2CCC(C)CC2)cc1. The van der Waals surface area contributed by atoms with Crippen LogP contribution in [0.2, 0.25) is 0 Å². The van der Waals surface area contributed by atoms with E-state index >= 15 is 0 Å². The maximum Gasteiger partial charge on any atom is 0.241 e. The number of hydrogen-bond acceptors (Lipinski definition) is 4. The molecule has 1 heterocycles. The van der Waals surface area contributed by atoms with E-state index in [1.54, 1.807) is 24.0 Å². The Hall–Kier alpha value is -1.60. The Morgan fingerprint density at radius 3 is 2.42 bits per heavy atom. The van der Waals surface area contributed by atoms with Gasteiger partial charge in [-0.3, -0.25) is 4.79 Å². The minimum atomic E-state index is -3.74. The highest BCUT2D eigenvalue weighted by molar-refractivity contribution is 7.89. The number of amides is 1. The molecule has 0 spiro atoms. The fraction of sp³-hybridized carbons (Fsp3) is 0.588. The van der Waals surface area contributed by atoms with Gasteiger partial charge in [-0.1, -0.05) is 6.92 Å². The van der Waals surface area contributed by atoms with Gasteiger partial charge in [0.05, 0.1) is 17.5 Å². The monoisotopic (exact) mass is 354 g/mol. The van der Waals surface area contributed by atoms with Crippen LogP contribution in [0.3, 0.4) is 0 Å². The van der Waals surface area contributed by atoms with Gasteiger partial charge in [0.2, 0.25) is 15.9 Å². The average molecular weight is 354 g/mol. The van der Waals surface area contributed by atoms with E-state index in [1.807, 2.05) is 6.92 Å². The van der Waals surface area contributed by atoms with Crippen molar-refractivity contribution >= 4 is 15.9 Å². The number of likely N-dealkylation sites (tertiary alicyclic amines) is 1. The summed E-state index contributed by atoms with van der Waals surface area (Å²) in [6.45, 7) is 7.52. The van der Waals surface area contributed by atoms with Crippen molar-refractivity contribution in [2.75, 3.05) is 19.7 Å². The summed E-state index contributed by atoms with van der Waals surface area (Å²) in [5.74, 6) is 1.06. The first-order valence-electron chi connectivity index (χ1n) is 8.37. The van der Waals surface area contributed by atoms with Crippen molar-refractivity contribution in [3.63, 3.8) is 0 Å². The molecule has 2 rings (SSSR count). The zero-order valence-corrected chi connectivity index (χ0v) is 15.3. The Bertz CT molecular complexity index is 650. The maximum atomic E-state index is 12.4. The molecule has 7 heteroatoms. The van der Waals surface area contributed by atoms with Crippen molar-refractivity contribution in [3.05, 3.63) is 24.3 Å². The van der Waals surface area contributed by atoms with Gasteiger partial charge in [-0.2, -0.15) is 4.72 Å². The minimum Gasteiger partial charge on any atom is -0.494 e. The van der Waals surface area contributed by atoms with Crippen LogP contribution in [0.5, 0.6) is 5.75 Å². The smallest absolute Gasteiger partial charge is 0.241 e. The lowest BCUT2D eigenvalue weighted by atomic mass is 9.99. The van der Waals surface area contributed by atoms with Crippen LogP contribution in [0.25, 0.3) is 0 Å². The predicted octanol–water partition coefficient (Wildman–Crippen LogP) is 2.01. The lowest BCUT2D eigenvalue weighted by molar-refractivity contribution is -0.133. The second-order valence-electron chi connectivity index (χ2n) is 6.26. The van der Waals surface area contributed by atoms with Crippen LogP contribution in [-0.4, -0.2) is 45.0 Å². The third kappa shape index (κ3) is 4.70. The molecule has 1 aliphatic rings. The van der Waals surface area contributed by atoms with Crippen LogP contribution in [0, 0.1) is 5.92 Å². The Balaban J connectivity index is 2.00. The number of sulfonamides is 1. The van der Waals surface area contributed by atoms with Crippen molar-refractivity contribution in [2.24, 2.45) is 5.92 Å². The molecule has 0 unspecified atom stereocenters. The third-order valence-electron chi connectivity index (χ3n) is 4.24. The Morgan fingerprint density at radius 1 is 1.29 bits per heavy atom. The Kier molecular flexibility index (Phi) is 6.23. The van der Waals surface area contributed by atoms with Gasteiger partial charge in [-0.05, 0) is 56.9 Å². The largest absolute Gasteiger partial charge is 0.494 e. The number of nitrogens with zero attached hydrogens (tertiary/aromatic N) is 1. The lowest BCUT2D eigenvalue weighted by Gasteiger charge is -2.32. The number of nitrogens with one attached hydrogen (secondary N) is 1. The summed E-state index contributed by atoms with van der Waals surface area (Å²) < 4.78 is 32.6. The minimum absolute atomic E-state index is 0.123. The van der Waals surface area contributed by atoms with E-state index in [0.717, 1.165) is 12.8 Å². The molecule has 1 N–H and O–H groups in total. The standard InChI is InChI=1S/C17H26N2O4S/c1-4-23-15-5-7-16(8-6-15)24(21,22)18-14(3)17(20)19-11-9-13(2)10-12-19/h5-8,13-14,18H,4,9-12H2,1-3H3/t14-/m1/s1. The van der Waals surface area contributed by atoms with E-state index in [-0.39, 0.29) is 10.8 Å². The lowest BCUT2D eigenvalue weighted by Crippen LogP contribution is -2.49.